The van der Waals surface area contributed by atoms with Gasteiger partial charge in [0.1, 0.15) is 11.6 Å². The molecule has 0 radical (unpaired) electrons. The monoisotopic (exact) mass is 503 g/mol. The van der Waals surface area contributed by atoms with Crippen molar-refractivity contribution in [2.75, 3.05) is 19.9 Å². The molecule has 0 aromatic carbocycles. The Hall–Kier alpha value is -2.29. The number of aromatic amines is 1. The number of hydrogen-bond donors (Lipinski definition) is 3. The summed E-state index contributed by atoms with van der Waals surface area (Å²) >= 11 is 0. The number of esters is 1. The number of nitrogens with one attached hydrogen (secondary N) is 2. The molecule has 3 heterocycles. The lowest BCUT2D eigenvalue weighted by atomic mass is 9.74. The van der Waals surface area contributed by atoms with E-state index in [1.165, 1.54) is 5.57 Å². The number of aliphatic hydroxyl groups is 1. The van der Waals surface area contributed by atoms with E-state index in [4.69, 9.17) is 9.47 Å². The van der Waals surface area contributed by atoms with Gasteiger partial charge in [-0.15, -0.1) is 0 Å². The third-order valence-corrected chi connectivity index (χ3v) is 6.94. The van der Waals surface area contributed by atoms with Crippen molar-refractivity contribution in [2.45, 2.75) is 85.9 Å². The summed E-state index contributed by atoms with van der Waals surface area (Å²) < 4.78 is 11.1. The van der Waals surface area contributed by atoms with E-state index < -0.39 is 17.5 Å². The van der Waals surface area contributed by atoms with Crippen molar-refractivity contribution in [3.05, 3.63) is 35.4 Å². The molecule has 8 heteroatoms. The number of Topliss-reactive ketones (excluding diaryl/α,β-unsaturated/α-hetero) is 1. The predicted molar refractivity (Wildman–Crippen MR) is 141 cm³/mol. The third kappa shape index (κ3) is 9.30. The fourth-order valence-electron chi connectivity index (χ4n) is 4.70. The van der Waals surface area contributed by atoms with Crippen LogP contribution in [0.4, 0.5) is 0 Å². The zero-order chi connectivity index (χ0) is 26.7. The summed E-state index contributed by atoms with van der Waals surface area (Å²) in [7, 11) is 0. The number of fused-ring (bicyclic) bond motifs is 1. The Morgan fingerprint density at radius 2 is 1.97 bits per heavy atom. The first kappa shape index (κ1) is 29.9. The van der Waals surface area contributed by atoms with Crippen LogP contribution in [0.5, 0.6) is 0 Å². The number of rotatable bonds is 1. The molecule has 2 aliphatic rings. The van der Waals surface area contributed by atoms with Crippen LogP contribution in [0, 0.1) is 24.2 Å². The van der Waals surface area contributed by atoms with Crippen LogP contribution < -0.4 is 5.32 Å². The average molecular weight is 504 g/mol. The molecular weight excluding hydrogens is 458 g/mol. The molecular formula is C28H45N3O5. The van der Waals surface area contributed by atoms with Crippen LogP contribution in [0.25, 0.3) is 6.08 Å². The molecule has 1 saturated heterocycles. The van der Waals surface area contributed by atoms with Crippen molar-refractivity contribution in [3.63, 3.8) is 0 Å². The van der Waals surface area contributed by atoms with Gasteiger partial charge in [0.25, 0.3) is 0 Å². The molecule has 0 saturated carbocycles. The quantitative estimate of drug-likeness (QED) is 0.386. The first-order valence-corrected chi connectivity index (χ1v) is 13.1. The largest absolute Gasteiger partial charge is 0.465 e. The molecule has 2 aliphatic heterocycles. The van der Waals surface area contributed by atoms with Crippen molar-refractivity contribution >= 4 is 17.8 Å². The summed E-state index contributed by atoms with van der Waals surface area (Å²) in [6.45, 7) is 13.0. The molecule has 3 rings (SSSR count). The molecule has 1 fully saturated rings. The van der Waals surface area contributed by atoms with Crippen molar-refractivity contribution in [1.82, 2.24) is 15.3 Å². The summed E-state index contributed by atoms with van der Waals surface area (Å²) in [5.41, 5.74) is 1.29. The lowest BCUT2D eigenvalue weighted by molar-refractivity contribution is -0.150. The molecule has 1 aromatic heterocycles. The van der Waals surface area contributed by atoms with Crippen LogP contribution in [-0.2, 0) is 19.1 Å². The van der Waals surface area contributed by atoms with Crippen LogP contribution in [-0.4, -0.2) is 58.9 Å². The van der Waals surface area contributed by atoms with E-state index >= 15 is 0 Å². The number of allylic oxidation sites excluding steroid dienone is 1. The van der Waals surface area contributed by atoms with Gasteiger partial charge >= 0.3 is 5.97 Å². The first-order valence-electron chi connectivity index (χ1n) is 13.1. The van der Waals surface area contributed by atoms with E-state index in [1.54, 1.807) is 13.8 Å². The summed E-state index contributed by atoms with van der Waals surface area (Å²) in [5, 5.41) is 13.7. The van der Waals surface area contributed by atoms with Crippen LogP contribution in [0.1, 0.15) is 78.2 Å². The second kappa shape index (κ2) is 14.4. The normalized spacial score (nSPS) is 29.9. The van der Waals surface area contributed by atoms with E-state index in [0.717, 1.165) is 37.3 Å². The summed E-state index contributed by atoms with van der Waals surface area (Å²) in [5.74, 6) is 0.708. The SMILES string of the molecule is C/C=C\c1cnc(C)[nH]1.CC1CCC2OCNC/C2=C/CCOC(=O)CC(O)C(C)(C)C(=O)C(C)C1. The molecule has 4 atom stereocenters. The summed E-state index contributed by atoms with van der Waals surface area (Å²) in [6.07, 6.45) is 10.0. The fourth-order valence-corrected chi connectivity index (χ4v) is 4.70. The van der Waals surface area contributed by atoms with Gasteiger partial charge in [-0.3, -0.25) is 14.9 Å². The Morgan fingerprint density at radius 3 is 2.64 bits per heavy atom. The minimum Gasteiger partial charge on any atom is -0.465 e. The summed E-state index contributed by atoms with van der Waals surface area (Å²) in [4.78, 5) is 32.0. The number of aryl methyl sites for hydroxylation is 1. The highest BCUT2D eigenvalue weighted by molar-refractivity contribution is 5.87. The highest BCUT2D eigenvalue weighted by Crippen LogP contribution is 2.32. The Balaban J connectivity index is 0.000000425. The zero-order valence-electron chi connectivity index (χ0n) is 22.8. The van der Waals surface area contributed by atoms with Crippen LogP contribution in [0.15, 0.2) is 23.9 Å². The molecule has 3 N–H and O–H groups in total. The zero-order valence-corrected chi connectivity index (χ0v) is 22.8. The first-order chi connectivity index (χ1) is 17.0. The van der Waals surface area contributed by atoms with Gasteiger partial charge in [0, 0.05) is 12.5 Å². The number of ether oxygens (including phenoxy) is 2. The number of ketones is 1. The number of carbonyl (C=O) groups is 2. The Morgan fingerprint density at radius 1 is 1.22 bits per heavy atom. The maximum atomic E-state index is 12.9. The Bertz CT molecular complexity index is 905. The fraction of sp³-hybridized carbons (Fsp3) is 0.679. The van der Waals surface area contributed by atoms with Gasteiger partial charge < -0.3 is 19.6 Å². The van der Waals surface area contributed by atoms with E-state index in [9.17, 15) is 14.7 Å². The second-order valence-electron chi connectivity index (χ2n) is 10.6. The summed E-state index contributed by atoms with van der Waals surface area (Å²) in [6, 6.07) is 0. The molecule has 0 aliphatic carbocycles. The maximum Gasteiger partial charge on any atom is 0.308 e. The van der Waals surface area contributed by atoms with Crippen molar-refractivity contribution in [1.29, 1.82) is 0 Å². The van der Waals surface area contributed by atoms with E-state index in [1.807, 2.05) is 39.1 Å². The maximum absolute atomic E-state index is 12.9. The van der Waals surface area contributed by atoms with Crippen LogP contribution >= 0.6 is 0 Å². The van der Waals surface area contributed by atoms with Gasteiger partial charge in [0.15, 0.2) is 0 Å². The van der Waals surface area contributed by atoms with Gasteiger partial charge in [-0.2, -0.15) is 0 Å². The lowest BCUT2D eigenvalue weighted by Gasteiger charge is -2.32. The predicted octanol–water partition coefficient (Wildman–Crippen LogP) is 4.35. The third-order valence-electron chi connectivity index (χ3n) is 6.94. The molecule has 8 nitrogen and oxygen atoms in total. The number of cyclic esters (lactones) is 1. The van der Waals surface area contributed by atoms with E-state index in [-0.39, 0.29) is 30.8 Å². The second-order valence-corrected chi connectivity index (χ2v) is 10.6. The standard InChI is InChI=1S/C21H35NO5.C7H10N2/c1-14-7-8-17-16(12-22-13-27-17)6-5-9-26-19(24)11-18(23)21(3,4)20(25)15(2)10-14;1-3-4-7-5-8-6(2)9-7/h6,14-15,17-18,22-23H,5,7-13H2,1-4H3;3-5H,1-2H3,(H,8,9)/b16-6-;4-3-. The van der Waals surface area contributed by atoms with Gasteiger partial charge in [-0.25, -0.2) is 4.98 Å². The topological polar surface area (TPSA) is 114 Å². The molecule has 1 aromatic rings. The smallest absolute Gasteiger partial charge is 0.308 e. The molecule has 0 bridgehead atoms. The van der Waals surface area contributed by atoms with E-state index in [2.05, 4.69) is 28.3 Å². The molecule has 0 spiro atoms. The van der Waals surface area contributed by atoms with Crippen molar-refractivity contribution in [2.24, 2.45) is 17.3 Å². The number of imidazole rings is 1. The highest BCUT2D eigenvalue weighted by Gasteiger charge is 2.39. The highest BCUT2D eigenvalue weighted by atomic mass is 16.5. The van der Waals surface area contributed by atoms with Crippen molar-refractivity contribution < 1.29 is 24.2 Å². The number of aromatic nitrogens is 2. The molecule has 202 valence electrons. The van der Waals surface area contributed by atoms with Gasteiger partial charge in [-0.1, -0.05) is 39.8 Å². The number of H-pyrrole nitrogens is 1. The molecule has 36 heavy (non-hydrogen) atoms. The number of aliphatic hydroxyl groups excluding tert-OH is 1. The van der Waals surface area contributed by atoms with Gasteiger partial charge in [0.2, 0.25) is 0 Å². The van der Waals surface area contributed by atoms with Crippen LogP contribution in [0.2, 0.25) is 0 Å². The Kier molecular flexibility index (Phi) is 12.0. The molecule has 4 unspecified atom stereocenters. The Labute approximate surface area is 215 Å². The van der Waals surface area contributed by atoms with Crippen molar-refractivity contribution in [3.8, 4) is 0 Å². The molecule has 0 amide bonds. The lowest BCUT2D eigenvalue weighted by Crippen LogP contribution is -2.42. The number of hydrogen-bond acceptors (Lipinski definition) is 7. The number of nitrogens with zero attached hydrogens (tertiary/aromatic N) is 1. The van der Waals surface area contributed by atoms with Crippen LogP contribution in [0.3, 0.4) is 0 Å². The average Bonchev–Trinajstić information content (AvgIpc) is 3.25. The minimum atomic E-state index is -1.04. The number of carbonyl (C=O) groups excluding carboxylic acids is 2. The van der Waals surface area contributed by atoms with E-state index in [0.29, 0.717) is 19.1 Å². The minimum absolute atomic E-state index is 0.000412. The van der Waals surface area contributed by atoms with Gasteiger partial charge in [-0.05, 0) is 57.1 Å². The van der Waals surface area contributed by atoms with Gasteiger partial charge in [0.05, 0.1) is 49.3 Å².